The molecule has 0 aliphatic heterocycles. The number of thiocarbonyl (C=S) groups is 1. The molecule has 0 bridgehead atoms. The first kappa shape index (κ1) is 15.7. The van der Waals surface area contributed by atoms with Gasteiger partial charge in [0.25, 0.3) is 0 Å². The zero-order valence-corrected chi connectivity index (χ0v) is 12.4. The second-order valence-corrected chi connectivity index (χ2v) is 6.72. The highest BCUT2D eigenvalue weighted by molar-refractivity contribution is 8.24. The van der Waals surface area contributed by atoms with Crippen LogP contribution < -0.4 is 0 Å². The van der Waals surface area contributed by atoms with Crippen molar-refractivity contribution in [1.29, 1.82) is 5.26 Å². The molecule has 3 nitrogen and oxygen atoms in total. The summed E-state index contributed by atoms with van der Waals surface area (Å²) in [5.41, 5.74) is 0.881. The van der Waals surface area contributed by atoms with Gasteiger partial charge in [-0.25, -0.2) is 0 Å². The Hall–Kier alpha value is -1.38. The molecule has 2 atom stereocenters. The van der Waals surface area contributed by atoms with Crippen molar-refractivity contribution in [3.8, 4) is 6.07 Å². The van der Waals surface area contributed by atoms with Crippen molar-refractivity contribution >= 4 is 34.1 Å². The molecule has 0 saturated heterocycles. The van der Waals surface area contributed by atoms with Crippen LogP contribution in [0.25, 0.3) is 0 Å². The first-order valence-electron chi connectivity index (χ1n) is 5.80. The summed E-state index contributed by atoms with van der Waals surface area (Å²) in [6.45, 7) is 3.33. The second-order valence-electron chi connectivity index (χ2n) is 4.54. The average Bonchev–Trinajstić information content (AvgIpc) is 2.39. The number of carbonyl (C=O) groups is 1. The Balaban J connectivity index is 2.79. The van der Waals surface area contributed by atoms with Crippen molar-refractivity contribution in [3.05, 3.63) is 35.9 Å². The lowest BCUT2D eigenvalue weighted by atomic mass is 9.98. The van der Waals surface area contributed by atoms with E-state index >= 15 is 0 Å². The third kappa shape index (κ3) is 4.66. The highest BCUT2D eigenvalue weighted by Crippen LogP contribution is 2.34. The van der Waals surface area contributed by atoms with E-state index in [0.717, 1.165) is 5.56 Å². The molecule has 0 spiro atoms. The summed E-state index contributed by atoms with van der Waals surface area (Å²) in [4.78, 5) is 10.9. The lowest BCUT2D eigenvalue weighted by Gasteiger charge is -2.23. The highest BCUT2D eigenvalue weighted by Gasteiger charge is 2.31. The molecular weight excluding hydrogens is 278 g/mol. The van der Waals surface area contributed by atoms with E-state index in [0.29, 0.717) is 4.20 Å². The van der Waals surface area contributed by atoms with E-state index in [1.807, 2.05) is 30.3 Å². The van der Waals surface area contributed by atoms with E-state index in [1.165, 1.54) is 11.8 Å². The monoisotopic (exact) mass is 293 g/mol. The molecule has 0 saturated carbocycles. The largest absolute Gasteiger partial charge is 0.481 e. The molecule has 0 aliphatic rings. The molecule has 5 heteroatoms. The summed E-state index contributed by atoms with van der Waals surface area (Å²) in [5, 5.41) is 18.2. The van der Waals surface area contributed by atoms with Gasteiger partial charge in [0.15, 0.2) is 0 Å². The standard InChI is InChI=1S/C14H15NO2S2/c1-10(12(16)17)8-14(2,9-15)19-13(18)11-6-4-3-5-7-11/h3-7,10H,8H2,1-2H3,(H,16,17). The number of aliphatic carboxylic acids is 1. The Morgan fingerprint density at radius 2 is 2.11 bits per heavy atom. The van der Waals surface area contributed by atoms with Crippen LogP contribution in [-0.4, -0.2) is 20.0 Å². The van der Waals surface area contributed by atoms with E-state index in [1.54, 1.807) is 13.8 Å². The highest BCUT2D eigenvalue weighted by atomic mass is 32.2. The zero-order chi connectivity index (χ0) is 14.5. The summed E-state index contributed by atoms with van der Waals surface area (Å²) in [7, 11) is 0. The number of rotatable bonds is 5. The predicted octanol–water partition coefficient (Wildman–Crippen LogP) is 3.49. The van der Waals surface area contributed by atoms with Crippen molar-refractivity contribution in [2.45, 2.75) is 25.0 Å². The maximum Gasteiger partial charge on any atom is 0.306 e. The van der Waals surface area contributed by atoms with Gasteiger partial charge in [-0.2, -0.15) is 5.26 Å². The third-order valence-corrected chi connectivity index (χ3v) is 4.30. The Morgan fingerprint density at radius 1 is 1.53 bits per heavy atom. The lowest BCUT2D eigenvalue weighted by molar-refractivity contribution is -0.141. The quantitative estimate of drug-likeness (QED) is 0.842. The summed E-state index contributed by atoms with van der Waals surface area (Å²) in [6, 6.07) is 11.6. The minimum Gasteiger partial charge on any atom is -0.481 e. The molecular formula is C14H15NO2S2. The first-order valence-corrected chi connectivity index (χ1v) is 7.03. The number of hydrogen-bond donors (Lipinski definition) is 1. The van der Waals surface area contributed by atoms with Gasteiger partial charge in [0.1, 0.15) is 4.75 Å². The number of hydrogen-bond acceptors (Lipinski definition) is 4. The molecule has 1 aromatic rings. The van der Waals surface area contributed by atoms with Gasteiger partial charge in [-0.05, 0) is 18.9 Å². The van der Waals surface area contributed by atoms with Crippen LogP contribution in [0.3, 0.4) is 0 Å². The number of nitriles is 1. The Labute approximate surface area is 122 Å². The molecule has 100 valence electrons. The van der Waals surface area contributed by atoms with Crippen molar-refractivity contribution in [3.63, 3.8) is 0 Å². The van der Waals surface area contributed by atoms with Gasteiger partial charge in [0.05, 0.1) is 16.2 Å². The van der Waals surface area contributed by atoms with E-state index < -0.39 is 16.6 Å². The van der Waals surface area contributed by atoms with Gasteiger partial charge in [0.2, 0.25) is 0 Å². The van der Waals surface area contributed by atoms with Crippen LogP contribution in [-0.2, 0) is 4.79 Å². The summed E-state index contributed by atoms with van der Waals surface area (Å²) in [5.74, 6) is -1.47. The molecule has 1 N–H and O–H groups in total. The second kappa shape index (κ2) is 6.69. The summed E-state index contributed by atoms with van der Waals surface area (Å²) in [6.07, 6.45) is 0.260. The fraction of sp³-hybridized carbons (Fsp3) is 0.357. The molecule has 0 aliphatic carbocycles. The minimum absolute atomic E-state index is 0.260. The van der Waals surface area contributed by atoms with Crippen LogP contribution in [0.15, 0.2) is 30.3 Å². The van der Waals surface area contributed by atoms with Crippen LogP contribution >= 0.6 is 24.0 Å². The van der Waals surface area contributed by atoms with Gasteiger partial charge < -0.3 is 5.11 Å². The van der Waals surface area contributed by atoms with Gasteiger partial charge in [-0.1, -0.05) is 61.2 Å². The molecule has 0 aromatic heterocycles. The maximum atomic E-state index is 10.9. The van der Waals surface area contributed by atoms with Crippen molar-refractivity contribution in [2.75, 3.05) is 0 Å². The van der Waals surface area contributed by atoms with Crippen LogP contribution in [0.1, 0.15) is 25.8 Å². The SMILES string of the molecule is CC(CC(C)(C#N)SC(=S)c1ccccc1)C(=O)O. The molecule has 0 amide bonds. The van der Waals surface area contributed by atoms with Crippen LogP contribution in [0, 0.1) is 17.2 Å². The van der Waals surface area contributed by atoms with Crippen LogP contribution in [0.2, 0.25) is 0 Å². The summed E-state index contributed by atoms with van der Waals surface area (Å²) >= 11 is 6.57. The fourth-order valence-electron chi connectivity index (χ4n) is 1.62. The Bertz CT molecular complexity index is 510. The Morgan fingerprint density at radius 3 is 2.58 bits per heavy atom. The minimum atomic E-state index is -0.896. The zero-order valence-electron chi connectivity index (χ0n) is 10.8. The number of carboxylic acid groups (broad SMARTS) is 1. The molecule has 0 fully saturated rings. The van der Waals surface area contributed by atoms with Crippen LogP contribution in [0.5, 0.6) is 0 Å². The fourth-order valence-corrected chi connectivity index (χ4v) is 3.35. The van der Waals surface area contributed by atoms with E-state index in [4.69, 9.17) is 17.3 Å². The van der Waals surface area contributed by atoms with Gasteiger partial charge in [-0.15, -0.1) is 0 Å². The van der Waals surface area contributed by atoms with E-state index in [-0.39, 0.29) is 6.42 Å². The van der Waals surface area contributed by atoms with Crippen molar-refractivity contribution in [2.24, 2.45) is 5.92 Å². The number of benzene rings is 1. The van der Waals surface area contributed by atoms with Crippen molar-refractivity contribution in [1.82, 2.24) is 0 Å². The molecule has 0 heterocycles. The Kier molecular flexibility index (Phi) is 5.52. The maximum absolute atomic E-state index is 10.9. The molecule has 1 rings (SSSR count). The molecule has 1 aromatic carbocycles. The van der Waals surface area contributed by atoms with Gasteiger partial charge >= 0.3 is 5.97 Å². The predicted molar refractivity (Wildman–Crippen MR) is 81.2 cm³/mol. The normalized spacial score (nSPS) is 15.0. The number of thioether (sulfide) groups is 1. The van der Waals surface area contributed by atoms with Gasteiger partial charge in [0, 0.05) is 0 Å². The van der Waals surface area contributed by atoms with Crippen molar-refractivity contribution < 1.29 is 9.90 Å². The third-order valence-electron chi connectivity index (χ3n) is 2.68. The topological polar surface area (TPSA) is 61.1 Å². The first-order chi connectivity index (χ1) is 8.88. The van der Waals surface area contributed by atoms with E-state index in [9.17, 15) is 10.1 Å². The molecule has 0 radical (unpaired) electrons. The van der Waals surface area contributed by atoms with Crippen LogP contribution in [0.4, 0.5) is 0 Å². The smallest absolute Gasteiger partial charge is 0.306 e. The number of nitrogens with zero attached hydrogens (tertiary/aromatic N) is 1. The lowest BCUT2D eigenvalue weighted by Crippen LogP contribution is -2.26. The van der Waals surface area contributed by atoms with E-state index in [2.05, 4.69) is 6.07 Å². The summed E-state index contributed by atoms with van der Waals surface area (Å²) < 4.78 is -0.215. The van der Waals surface area contributed by atoms with Gasteiger partial charge in [-0.3, -0.25) is 4.79 Å². The number of carboxylic acids is 1. The molecule has 19 heavy (non-hydrogen) atoms. The average molecular weight is 293 g/mol. The molecule has 2 unspecified atom stereocenters.